The Morgan fingerprint density at radius 2 is 2.11 bits per heavy atom. The number of nitrogens with one attached hydrogen (secondary N) is 1. The third-order valence-corrected chi connectivity index (χ3v) is 5.09. The fourth-order valence-corrected chi connectivity index (χ4v) is 3.60. The normalized spacial score (nSPS) is 16.9. The number of aromatic nitrogens is 3. The van der Waals surface area contributed by atoms with Crippen molar-refractivity contribution < 1.29 is 9.32 Å². The van der Waals surface area contributed by atoms with Crippen molar-refractivity contribution in [1.29, 1.82) is 0 Å². The Balaban J connectivity index is 1.43. The van der Waals surface area contributed by atoms with Crippen molar-refractivity contribution in [2.45, 2.75) is 18.9 Å². The highest BCUT2D eigenvalue weighted by Crippen LogP contribution is 2.29. The molecule has 144 valence electrons. The highest BCUT2D eigenvalue weighted by atomic mass is 35.5. The molecule has 0 saturated carbocycles. The van der Waals surface area contributed by atoms with Crippen LogP contribution in [0, 0.1) is 0 Å². The van der Waals surface area contributed by atoms with Crippen LogP contribution in [0.1, 0.15) is 23.9 Å². The molecule has 28 heavy (non-hydrogen) atoms. The third kappa shape index (κ3) is 4.05. The Morgan fingerprint density at radius 1 is 1.25 bits per heavy atom. The van der Waals surface area contributed by atoms with Crippen molar-refractivity contribution in [2.75, 3.05) is 19.6 Å². The molecule has 1 saturated heterocycles. The quantitative estimate of drug-likeness (QED) is 0.712. The highest BCUT2D eigenvalue weighted by molar-refractivity contribution is 6.31. The van der Waals surface area contributed by atoms with Crippen LogP contribution in [0.15, 0.2) is 53.2 Å². The number of pyridine rings is 1. The minimum absolute atomic E-state index is 0.0454. The lowest BCUT2D eigenvalue weighted by Crippen LogP contribution is -2.48. The molecule has 0 spiro atoms. The molecule has 3 heterocycles. The van der Waals surface area contributed by atoms with Crippen LogP contribution in [-0.4, -0.2) is 45.6 Å². The van der Waals surface area contributed by atoms with E-state index in [9.17, 15) is 4.79 Å². The van der Waals surface area contributed by atoms with Gasteiger partial charge in [0.25, 0.3) is 0 Å². The molecule has 8 heteroatoms. The molecule has 1 unspecified atom stereocenters. The van der Waals surface area contributed by atoms with Crippen molar-refractivity contribution in [1.82, 2.24) is 25.3 Å². The van der Waals surface area contributed by atoms with Gasteiger partial charge in [-0.05, 0) is 23.8 Å². The summed E-state index contributed by atoms with van der Waals surface area (Å²) in [6.07, 6.45) is 2.36. The van der Waals surface area contributed by atoms with E-state index < -0.39 is 0 Å². The van der Waals surface area contributed by atoms with E-state index in [1.807, 2.05) is 47.4 Å². The molecule has 4 rings (SSSR count). The summed E-state index contributed by atoms with van der Waals surface area (Å²) in [5, 5.41) is 7.96. The smallest absolute Gasteiger partial charge is 0.227 e. The number of piperazine rings is 1. The standard InChI is InChI=1S/C20H20ClN5O2/c21-15-6-2-1-5-14(15)17-13-22-11-12-26(17)19(27)9-8-18-24-20(25-28-18)16-7-3-4-10-23-16/h1-7,10,17,22H,8-9,11-13H2. The van der Waals surface area contributed by atoms with Crippen LogP contribution in [0.4, 0.5) is 0 Å². The average molecular weight is 398 g/mol. The van der Waals surface area contributed by atoms with Crippen molar-refractivity contribution >= 4 is 17.5 Å². The van der Waals surface area contributed by atoms with E-state index in [2.05, 4.69) is 20.4 Å². The van der Waals surface area contributed by atoms with Crippen LogP contribution in [0.2, 0.25) is 5.02 Å². The molecule has 3 aromatic rings. The fourth-order valence-electron chi connectivity index (χ4n) is 3.34. The largest absolute Gasteiger partial charge is 0.339 e. The van der Waals surface area contributed by atoms with Crippen molar-refractivity contribution in [2.24, 2.45) is 0 Å². The van der Waals surface area contributed by atoms with Gasteiger partial charge in [-0.1, -0.05) is 41.0 Å². The number of aryl methyl sites for hydroxylation is 1. The number of carbonyl (C=O) groups excluding carboxylic acids is 1. The SMILES string of the molecule is O=C(CCc1nc(-c2ccccn2)no1)N1CCNCC1c1ccccc1Cl. The van der Waals surface area contributed by atoms with Gasteiger partial charge in [0.1, 0.15) is 5.69 Å². The molecule has 1 N–H and O–H groups in total. The summed E-state index contributed by atoms with van der Waals surface area (Å²) < 4.78 is 5.28. The van der Waals surface area contributed by atoms with E-state index in [1.54, 1.807) is 6.20 Å². The molecular weight excluding hydrogens is 378 g/mol. The Kier molecular flexibility index (Phi) is 5.64. The average Bonchev–Trinajstić information content (AvgIpc) is 3.22. The zero-order valence-electron chi connectivity index (χ0n) is 15.2. The number of halogens is 1. The first-order valence-electron chi connectivity index (χ1n) is 9.21. The lowest BCUT2D eigenvalue weighted by molar-refractivity contribution is -0.134. The Bertz CT molecular complexity index is 947. The molecule has 1 amide bonds. The van der Waals surface area contributed by atoms with Crippen LogP contribution in [0.5, 0.6) is 0 Å². The van der Waals surface area contributed by atoms with Crippen molar-refractivity contribution in [3.05, 3.63) is 65.1 Å². The summed E-state index contributed by atoms with van der Waals surface area (Å²) in [5.41, 5.74) is 1.60. The van der Waals surface area contributed by atoms with Crippen LogP contribution >= 0.6 is 11.6 Å². The van der Waals surface area contributed by atoms with Gasteiger partial charge in [0.05, 0.1) is 6.04 Å². The Labute approximate surface area is 167 Å². The summed E-state index contributed by atoms with van der Waals surface area (Å²) in [6, 6.07) is 13.1. The van der Waals surface area contributed by atoms with E-state index in [4.69, 9.17) is 16.1 Å². The van der Waals surface area contributed by atoms with Crippen LogP contribution in [-0.2, 0) is 11.2 Å². The maximum atomic E-state index is 12.9. The fraction of sp³-hybridized carbons (Fsp3) is 0.300. The molecule has 1 aromatic carbocycles. The van der Waals surface area contributed by atoms with E-state index >= 15 is 0 Å². The number of amides is 1. The number of rotatable bonds is 5. The first-order valence-corrected chi connectivity index (χ1v) is 9.59. The van der Waals surface area contributed by atoms with E-state index in [0.29, 0.717) is 48.4 Å². The minimum Gasteiger partial charge on any atom is -0.339 e. The Morgan fingerprint density at radius 3 is 2.93 bits per heavy atom. The molecule has 1 fully saturated rings. The monoisotopic (exact) mass is 397 g/mol. The lowest BCUT2D eigenvalue weighted by atomic mass is 10.0. The second kappa shape index (κ2) is 8.50. The maximum Gasteiger partial charge on any atom is 0.227 e. The van der Waals surface area contributed by atoms with E-state index in [1.165, 1.54) is 0 Å². The van der Waals surface area contributed by atoms with Gasteiger partial charge in [0, 0.05) is 43.7 Å². The van der Waals surface area contributed by atoms with E-state index in [-0.39, 0.29) is 11.9 Å². The molecular formula is C20H20ClN5O2. The number of carbonyl (C=O) groups is 1. The van der Waals surface area contributed by atoms with Gasteiger partial charge in [-0.2, -0.15) is 4.98 Å². The molecule has 7 nitrogen and oxygen atoms in total. The Hall–Kier alpha value is -2.77. The third-order valence-electron chi connectivity index (χ3n) is 4.74. The van der Waals surface area contributed by atoms with E-state index in [0.717, 1.165) is 12.1 Å². The molecule has 0 bridgehead atoms. The zero-order valence-corrected chi connectivity index (χ0v) is 16.0. The van der Waals surface area contributed by atoms with Gasteiger partial charge in [-0.25, -0.2) is 0 Å². The summed E-state index contributed by atoms with van der Waals surface area (Å²) in [5.74, 6) is 0.904. The molecule has 0 aliphatic carbocycles. The molecule has 2 aromatic heterocycles. The van der Waals surface area contributed by atoms with Crippen molar-refractivity contribution in [3.63, 3.8) is 0 Å². The van der Waals surface area contributed by atoms with Gasteiger partial charge in [-0.15, -0.1) is 0 Å². The van der Waals surface area contributed by atoms with Gasteiger partial charge in [0.2, 0.25) is 17.6 Å². The summed E-state index contributed by atoms with van der Waals surface area (Å²) in [4.78, 5) is 23.3. The van der Waals surface area contributed by atoms with Gasteiger partial charge >= 0.3 is 0 Å². The first-order chi connectivity index (χ1) is 13.7. The summed E-state index contributed by atoms with van der Waals surface area (Å²) in [6.45, 7) is 2.08. The zero-order chi connectivity index (χ0) is 19.3. The number of hydrogen-bond acceptors (Lipinski definition) is 6. The maximum absolute atomic E-state index is 12.9. The highest BCUT2D eigenvalue weighted by Gasteiger charge is 2.29. The van der Waals surface area contributed by atoms with Gasteiger partial charge in [0.15, 0.2) is 0 Å². The molecule has 1 aliphatic rings. The molecule has 0 radical (unpaired) electrons. The number of hydrogen-bond donors (Lipinski definition) is 1. The molecule has 1 atom stereocenters. The van der Waals surface area contributed by atoms with Crippen LogP contribution in [0.25, 0.3) is 11.5 Å². The summed E-state index contributed by atoms with van der Waals surface area (Å²) in [7, 11) is 0. The minimum atomic E-state index is -0.0817. The first kappa shape index (κ1) is 18.6. The van der Waals surface area contributed by atoms with Crippen molar-refractivity contribution in [3.8, 4) is 11.5 Å². The number of benzene rings is 1. The van der Waals surface area contributed by atoms with Gasteiger partial charge < -0.3 is 14.7 Å². The van der Waals surface area contributed by atoms with Crippen LogP contribution < -0.4 is 5.32 Å². The number of nitrogens with zero attached hydrogens (tertiary/aromatic N) is 4. The predicted octanol–water partition coefficient (Wildman–Crippen LogP) is 2.89. The summed E-state index contributed by atoms with van der Waals surface area (Å²) >= 11 is 6.36. The predicted molar refractivity (Wildman–Crippen MR) is 105 cm³/mol. The van der Waals surface area contributed by atoms with Gasteiger partial charge in [-0.3, -0.25) is 9.78 Å². The molecule has 1 aliphatic heterocycles. The lowest BCUT2D eigenvalue weighted by Gasteiger charge is -2.37. The second-order valence-corrected chi connectivity index (χ2v) is 6.96. The topological polar surface area (TPSA) is 84.1 Å². The second-order valence-electron chi connectivity index (χ2n) is 6.56. The van der Waals surface area contributed by atoms with Crippen LogP contribution in [0.3, 0.4) is 0 Å².